The van der Waals surface area contributed by atoms with Gasteiger partial charge in [-0.25, -0.2) is 0 Å². The normalized spacial score (nSPS) is 25.8. The first kappa shape index (κ1) is 9.31. The average molecular weight is 162 g/mol. The van der Waals surface area contributed by atoms with E-state index in [-0.39, 0.29) is 0 Å². The molecule has 12 heavy (non-hydrogen) atoms. The van der Waals surface area contributed by atoms with Crippen molar-refractivity contribution in [1.82, 2.24) is 0 Å². The van der Waals surface area contributed by atoms with Crippen LogP contribution < -0.4 is 0 Å². The fraction of sp³-hybridized carbons (Fsp3) is 0.500. The maximum Gasteiger partial charge on any atom is -0.0101 e. The van der Waals surface area contributed by atoms with Gasteiger partial charge in [-0.15, -0.1) is 0 Å². The molecule has 0 amide bonds. The fourth-order valence-corrected chi connectivity index (χ4v) is 1.95. The van der Waals surface area contributed by atoms with Gasteiger partial charge in [0.2, 0.25) is 0 Å². The van der Waals surface area contributed by atoms with E-state index >= 15 is 0 Å². The van der Waals surface area contributed by atoms with Crippen LogP contribution in [0.1, 0.15) is 33.1 Å². The Morgan fingerprint density at radius 2 is 2.08 bits per heavy atom. The molecule has 0 aliphatic heterocycles. The van der Waals surface area contributed by atoms with Gasteiger partial charge in [-0.1, -0.05) is 44.7 Å². The zero-order chi connectivity index (χ0) is 9.19. The molecule has 0 unspecified atom stereocenters. The molecule has 1 fully saturated rings. The Morgan fingerprint density at radius 3 is 2.58 bits per heavy atom. The second-order valence-corrected chi connectivity index (χ2v) is 4.16. The highest BCUT2D eigenvalue weighted by molar-refractivity contribution is 5.37. The van der Waals surface area contributed by atoms with Gasteiger partial charge in [0.05, 0.1) is 0 Å². The summed E-state index contributed by atoms with van der Waals surface area (Å²) >= 11 is 0. The molecule has 0 saturated heterocycles. The minimum Gasteiger partial charge on any atom is -0.0991 e. The van der Waals surface area contributed by atoms with Gasteiger partial charge < -0.3 is 0 Å². The van der Waals surface area contributed by atoms with Crippen LogP contribution in [0.5, 0.6) is 0 Å². The first-order valence-electron chi connectivity index (χ1n) is 4.59. The van der Waals surface area contributed by atoms with Gasteiger partial charge in [0.1, 0.15) is 0 Å². The Balaban J connectivity index is 2.96. The lowest BCUT2D eigenvalue weighted by Gasteiger charge is -2.34. The summed E-state index contributed by atoms with van der Waals surface area (Å²) in [5, 5.41) is 0. The first-order chi connectivity index (χ1) is 5.58. The predicted molar refractivity (Wildman–Crippen MR) is 55.1 cm³/mol. The highest BCUT2D eigenvalue weighted by Crippen LogP contribution is 2.42. The van der Waals surface area contributed by atoms with E-state index in [1.807, 2.05) is 6.08 Å². The Bertz CT molecular complexity index is 228. The topological polar surface area (TPSA) is 0 Å². The lowest BCUT2D eigenvalue weighted by Crippen LogP contribution is -2.20. The summed E-state index contributed by atoms with van der Waals surface area (Å²) in [6, 6.07) is 0. The van der Waals surface area contributed by atoms with Crippen molar-refractivity contribution in [3.05, 3.63) is 36.5 Å². The van der Waals surface area contributed by atoms with Crippen molar-refractivity contribution in [1.29, 1.82) is 0 Å². The van der Waals surface area contributed by atoms with Crippen molar-refractivity contribution < 1.29 is 0 Å². The number of hydrogen-bond donors (Lipinski definition) is 0. The van der Waals surface area contributed by atoms with Crippen molar-refractivity contribution in [2.24, 2.45) is 5.41 Å². The molecule has 0 heterocycles. The second-order valence-electron chi connectivity index (χ2n) is 4.16. The van der Waals surface area contributed by atoms with Gasteiger partial charge in [-0.2, -0.15) is 0 Å². The molecule has 0 N–H and O–H groups in total. The minimum absolute atomic E-state index is 0.309. The lowest BCUT2D eigenvalue weighted by molar-refractivity contribution is 0.371. The Labute approximate surface area is 75.7 Å². The summed E-state index contributed by atoms with van der Waals surface area (Å²) in [7, 11) is 0. The molecular weight excluding hydrogens is 144 g/mol. The minimum atomic E-state index is 0.309. The molecule has 0 aromatic carbocycles. The van der Waals surface area contributed by atoms with Crippen LogP contribution in [0.25, 0.3) is 0 Å². The standard InChI is InChI=1S/C12H18/c1-5-7-11-10(2)8-6-9-12(11,3)4/h5,7H,1-2,6,8-9H2,3-4H3/b11-7+. The third kappa shape index (κ3) is 1.69. The van der Waals surface area contributed by atoms with Crippen LogP contribution in [0, 0.1) is 5.41 Å². The molecule has 0 nitrogen and oxygen atoms in total. The van der Waals surface area contributed by atoms with Crippen molar-refractivity contribution >= 4 is 0 Å². The zero-order valence-corrected chi connectivity index (χ0v) is 8.19. The van der Waals surface area contributed by atoms with Crippen molar-refractivity contribution in [3.63, 3.8) is 0 Å². The number of allylic oxidation sites excluding steroid dienone is 4. The summed E-state index contributed by atoms with van der Waals surface area (Å²) in [4.78, 5) is 0. The molecule has 1 rings (SSSR count). The molecule has 0 aromatic heterocycles. The molecule has 0 aromatic rings. The van der Waals surface area contributed by atoms with E-state index in [0.29, 0.717) is 5.41 Å². The van der Waals surface area contributed by atoms with E-state index in [1.54, 1.807) is 0 Å². The molecule has 0 heteroatoms. The van der Waals surface area contributed by atoms with Crippen LogP contribution in [0.4, 0.5) is 0 Å². The Kier molecular flexibility index (Phi) is 2.56. The van der Waals surface area contributed by atoms with Crippen LogP contribution in [0.2, 0.25) is 0 Å². The maximum absolute atomic E-state index is 4.09. The molecular formula is C12H18. The van der Waals surface area contributed by atoms with Crippen molar-refractivity contribution in [2.75, 3.05) is 0 Å². The van der Waals surface area contributed by atoms with Crippen LogP contribution in [-0.2, 0) is 0 Å². The summed E-state index contributed by atoms with van der Waals surface area (Å²) in [6.45, 7) is 12.4. The smallest absolute Gasteiger partial charge is 0.0101 e. The molecule has 0 radical (unpaired) electrons. The van der Waals surface area contributed by atoms with Crippen LogP contribution in [0.15, 0.2) is 36.5 Å². The van der Waals surface area contributed by atoms with Crippen LogP contribution in [-0.4, -0.2) is 0 Å². The highest BCUT2D eigenvalue weighted by atomic mass is 14.3. The molecule has 66 valence electrons. The first-order valence-corrected chi connectivity index (χ1v) is 4.59. The SMILES string of the molecule is C=C/C=C1\C(=C)CCCC1(C)C. The van der Waals surface area contributed by atoms with E-state index < -0.39 is 0 Å². The van der Waals surface area contributed by atoms with Crippen LogP contribution >= 0.6 is 0 Å². The van der Waals surface area contributed by atoms with E-state index in [4.69, 9.17) is 0 Å². The highest BCUT2D eigenvalue weighted by Gasteiger charge is 2.27. The van der Waals surface area contributed by atoms with E-state index in [0.717, 1.165) is 6.42 Å². The van der Waals surface area contributed by atoms with Gasteiger partial charge in [0.25, 0.3) is 0 Å². The van der Waals surface area contributed by atoms with Crippen molar-refractivity contribution in [2.45, 2.75) is 33.1 Å². The molecule has 1 aliphatic rings. The third-order valence-corrected chi connectivity index (χ3v) is 2.67. The van der Waals surface area contributed by atoms with Crippen LogP contribution in [0.3, 0.4) is 0 Å². The van der Waals surface area contributed by atoms with Gasteiger partial charge >= 0.3 is 0 Å². The predicted octanol–water partition coefficient (Wildman–Crippen LogP) is 3.87. The third-order valence-electron chi connectivity index (χ3n) is 2.67. The second kappa shape index (κ2) is 3.30. The largest absolute Gasteiger partial charge is 0.0991 e. The van der Waals surface area contributed by atoms with E-state index in [1.165, 1.54) is 24.0 Å². The fourth-order valence-electron chi connectivity index (χ4n) is 1.95. The molecule has 1 saturated carbocycles. The quantitative estimate of drug-likeness (QED) is 0.549. The molecule has 1 aliphatic carbocycles. The summed E-state index contributed by atoms with van der Waals surface area (Å²) in [5.41, 5.74) is 3.00. The number of hydrogen-bond acceptors (Lipinski definition) is 0. The summed E-state index contributed by atoms with van der Waals surface area (Å²) < 4.78 is 0. The molecule has 0 atom stereocenters. The Morgan fingerprint density at radius 1 is 1.42 bits per heavy atom. The Hall–Kier alpha value is -0.780. The monoisotopic (exact) mass is 162 g/mol. The summed E-state index contributed by atoms with van der Waals surface area (Å²) in [6.07, 6.45) is 7.68. The lowest BCUT2D eigenvalue weighted by atomic mass is 9.71. The van der Waals surface area contributed by atoms with Gasteiger partial charge in [0, 0.05) is 0 Å². The van der Waals surface area contributed by atoms with Crippen molar-refractivity contribution in [3.8, 4) is 0 Å². The summed E-state index contributed by atoms with van der Waals surface area (Å²) in [5.74, 6) is 0. The average Bonchev–Trinajstić information content (AvgIpc) is 1.97. The molecule has 0 spiro atoms. The van der Waals surface area contributed by atoms with Gasteiger partial charge in [0.15, 0.2) is 0 Å². The zero-order valence-electron chi connectivity index (χ0n) is 8.19. The van der Waals surface area contributed by atoms with Gasteiger partial charge in [-0.05, 0) is 30.3 Å². The van der Waals surface area contributed by atoms with E-state index in [9.17, 15) is 0 Å². The van der Waals surface area contributed by atoms with E-state index in [2.05, 4.69) is 33.1 Å². The maximum atomic E-state index is 4.09. The molecule has 0 bridgehead atoms. The number of rotatable bonds is 1. The van der Waals surface area contributed by atoms with Gasteiger partial charge in [-0.3, -0.25) is 0 Å².